The van der Waals surface area contributed by atoms with E-state index in [1.165, 1.54) is 0 Å². The summed E-state index contributed by atoms with van der Waals surface area (Å²) in [4.78, 5) is 4.62. The quantitative estimate of drug-likeness (QED) is 0.385. The van der Waals surface area contributed by atoms with Gasteiger partial charge in [-0.1, -0.05) is 23.6 Å². The fourth-order valence-electron chi connectivity index (χ4n) is 3.98. The van der Waals surface area contributed by atoms with E-state index in [1.807, 2.05) is 51.7 Å². The highest BCUT2D eigenvalue weighted by molar-refractivity contribution is 6.31. The number of methoxy groups -OCH3 is 1. The van der Waals surface area contributed by atoms with Gasteiger partial charge in [0.1, 0.15) is 18.6 Å². The van der Waals surface area contributed by atoms with Gasteiger partial charge in [-0.2, -0.15) is 5.10 Å². The average molecular weight is 442 g/mol. The van der Waals surface area contributed by atoms with Crippen LogP contribution in [0.3, 0.4) is 0 Å². The van der Waals surface area contributed by atoms with Crippen LogP contribution in [0.1, 0.15) is 22.8 Å². The zero-order valence-corrected chi connectivity index (χ0v) is 17.8. The Bertz CT molecular complexity index is 1550. The van der Waals surface area contributed by atoms with Crippen molar-refractivity contribution in [2.75, 3.05) is 7.11 Å². The zero-order chi connectivity index (χ0) is 21.7. The number of ether oxygens (including phenoxy) is 1. The lowest BCUT2D eigenvalue weighted by atomic mass is 10.1. The van der Waals surface area contributed by atoms with Gasteiger partial charge in [0.2, 0.25) is 0 Å². The fourth-order valence-corrected chi connectivity index (χ4v) is 4.15. The van der Waals surface area contributed by atoms with Crippen LogP contribution in [0.25, 0.3) is 22.6 Å². The van der Waals surface area contributed by atoms with Gasteiger partial charge in [-0.15, -0.1) is 10.2 Å². The summed E-state index contributed by atoms with van der Waals surface area (Å²) in [6, 6.07) is 11.6. The van der Waals surface area contributed by atoms with Crippen molar-refractivity contribution in [3.63, 3.8) is 0 Å². The highest BCUT2D eigenvalue weighted by Crippen LogP contribution is 2.34. The van der Waals surface area contributed by atoms with Crippen LogP contribution < -0.4 is 0 Å². The topological polar surface area (TPSA) is 75.1 Å². The van der Waals surface area contributed by atoms with E-state index in [0.717, 1.165) is 39.7 Å². The molecule has 156 valence electrons. The van der Waals surface area contributed by atoms with Gasteiger partial charge < -0.3 is 9.30 Å². The standard InChI is InChI=1S/C23H16ClN7O/c1-32-13-22-27-28-23-17-10-16(24)6-8-20(17)30-14-25-18(21(30)12-29(22)23)7-5-15-11-26-31-9-3-2-4-19(15)31/h2-4,6,8-11,14H,12-13H2,1H3. The van der Waals surface area contributed by atoms with Gasteiger partial charge in [-0.05, 0) is 36.3 Å². The van der Waals surface area contributed by atoms with Crippen molar-refractivity contribution in [1.82, 2.24) is 33.9 Å². The SMILES string of the molecule is COCc1nnc2n1Cc1c(C#Cc3cnn4ccccc34)ncn1-c1ccc(Cl)cc1-2. The van der Waals surface area contributed by atoms with Crippen LogP contribution in [-0.4, -0.2) is 41.0 Å². The number of fused-ring (bicyclic) bond motifs is 6. The molecule has 0 amide bonds. The van der Waals surface area contributed by atoms with Crippen molar-refractivity contribution in [1.29, 1.82) is 0 Å². The monoisotopic (exact) mass is 441 g/mol. The van der Waals surface area contributed by atoms with E-state index >= 15 is 0 Å². The highest BCUT2D eigenvalue weighted by Gasteiger charge is 2.25. The molecular weight excluding hydrogens is 426 g/mol. The first-order valence-corrected chi connectivity index (χ1v) is 10.3. The van der Waals surface area contributed by atoms with Gasteiger partial charge in [0.05, 0.1) is 35.2 Å². The molecule has 0 spiro atoms. The maximum atomic E-state index is 6.31. The summed E-state index contributed by atoms with van der Waals surface area (Å²) in [5, 5.41) is 13.7. The minimum Gasteiger partial charge on any atom is -0.377 e. The minimum atomic E-state index is 0.348. The molecule has 0 fully saturated rings. The van der Waals surface area contributed by atoms with Crippen LogP contribution >= 0.6 is 11.6 Å². The fraction of sp³-hybridized carbons (Fsp3) is 0.130. The van der Waals surface area contributed by atoms with Gasteiger partial charge in [0, 0.05) is 23.9 Å². The van der Waals surface area contributed by atoms with E-state index in [0.29, 0.717) is 23.9 Å². The molecule has 32 heavy (non-hydrogen) atoms. The molecule has 0 radical (unpaired) electrons. The lowest BCUT2D eigenvalue weighted by Crippen LogP contribution is -2.09. The maximum Gasteiger partial charge on any atom is 0.166 e. The summed E-state index contributed by atoms with van der Waals surface area (Å²) in [5.74, 6) is 7.94. The van der Waals surface area contributed by atoms with Crippen molar-refractivity contribution in [2.45, 2.75) is 13.2 Å². The molecule has 4 aromatic heterocycles. The first-order valence-electron chi connectivity index (χ1n) is 9.95. The summed E-state index contributed by atoms with van der Waals surface area (Å²) in [6.07, 6.45) is 5.46. The third kappa shape index (κ3) is 2.91. The van der Waals surface area contributed by atoms with Crippen LogP contribution in [0.15, 0.2) is 55.1 Å². The van der Waals surface area contributed by atoms with E-state index in [4.69, 9.17) is 16.3 Å². The number of pyridine rings is 1. The summed E-state index contributed by atoms with van der Waals surface area (Å²) in [5.41, 5.74) is 5.23. The highest BCUT2D eigenvalue weighted by atomic mass is 35.5. The number of rotatable bonds is 2. The number of imidazole rings is 1. The summed E-state index contributed by atoms with van der Waals surface area (Å²) in [6.45, 7) is 0.854. The molecule has 0 N–H and O–H groups in total. The molecule has 6 rings (SSSR count). The van der Waals surface area contributed by atoms with E-state index in [9.17, 15) is 0 Å². The average Bonchev–Trinajstić information content (AvgIpc) is 3.49. The smallest absolute Gasteiger partial charge is 0.166 e. The molecule has 1 aromatic carbocycles. The second-order valence-corrected chi connectivity index (χ2v) is 7.81. The summed E-state index contributed by atoms with van der Waals surface area (Å²) < 4.78 is 11.2. The van der Waals surface area contributed by atoms with Crippen molar-refractivity contribution in [3.05, 3.63) is 82.9 Å². The number of hydrogen-bond acceptors (Lipinski definition) is 5. The lowest BCUT2D eigenvalue weighted by Gasteiger charge is -2.08. The number of hydrogen-bond donors (Lipinski definition) is 0. The van der Waals surface area contributed by atoms with Crippen molar-refractivity contribution in [2.24, 2.45) is 0 Å². The first kappa shape index (κ1) is 18.8. The van der Waals surface area contributed by atoms with Crippen LogP contribution in [0.5, 0.6) is 0 Å². The molecule has 1 aliphatic heterocycles. The van der Waals surface area contributed by atoms with Crippen LogP contribution in [0.4, 0.5) is 0 Å². The number of aromatic nitrogens is 7. The Labute approximate surface area is 188 Å². The third-order valence-corrected chi connectivity index (χ3v) is 5.71. The molecule has 9 heteroatoms. The van der Waals surface area contributed by atoms with Crippen LogP contribution in [-0.2, 0) is 17.9 Å². The molecule has 5 aromatic rings. The molecule has 0 saturated carbocycles. The first-order chi connectivity index (χ1) is 15.7. The van der Waals surface area contributed by atoms with Gasteiger partial charge in [-0.3, -0.25) is 4.57 Å². The van der Waals surface area contributed by atoms with Gasteiger partial charge in [-0.25, -0.2) is 9.50 Å². The maximum absolute atomic E-state index is 6.31. The normalized spacial score (nSPS) is 11.9. The van der Waals surface area contributed by atoms with Gasteiger partial charge >= 0.3 is 0 Å². The predicted molar refractivity (Wildman–Crippen MR) is 119 cm³/mol. The van der Waals surface area contributed by atoms with Crippen LogP contribution in [0, 0.1) is 11.8 Å². The van der Waals surface area contributed by atoms with E-state index in [-0.39, 0.29) is 0 Å². The largest absolute Gasteiger partial charge is 0.377 e. The number of benzene rings is 1. The van der Waals surface area contributed by atoms with Crippen LogP contribution in [0.2, 0.25) is 5.02 Å². The van der Waals surface area contributed by atoms with E-state index in [1.54, 1.807) is 24.1 Å². The second kappa shape index (κ2) is 7.34. The Morgan fingerprint density at radius 3 is 3.00 bits per heavy atom. The third-order valence-electron chi connectivity index (χ3n) is 5.48. The van der Waals surface area contributed by atoms with Crippen molar-refractivity contribution in [3.8, 4) is 28.9 Å². The van der Waals surface area contributed by atoms with E-state index in [2.05, 4.69) is 32.1 Å². The Kier molecular flexibility index (Phi) is 4.31. The second-order valence-electron chi connectivity index (χ2n) is 7.37. The molecular formula is C23H16ClN7O. The number of halogens is 1. The molecule has 1 aliphatic rings. The minimum absolute atomic E-state index is 0.348. The van der Waals surface area contributed by atoms with Gasteiger partial charge in [0.15, 0.2) is 11.6 Å². The molecule has 8 nitrogen and oxygen atoms in total. The summed E-state index contributed by atoms with van der Waals surface area (Å²) in [7, 11) is 1.64. The molecule has 0 bridgehead atoms. The van der Waals surface area contributed by atoms with Crippen molar-refractivity contribution < 1.29 is 4.74 Å². The molecule has 5 heterocycles. The molecule has 0 aliphatic carbocycles. The Morgan fingerprint density at radius 2 is 2.09 bits per heavy atom. The molecule has 0 unspecified atom stereocenters. The summed E-state index contributed by atoms with van der Waals surface area (Å²) >= 11 is 6.31. The Morgan fingerprint density at radius 1 is 1.16 bits per heavy atom. The van der Waals surface area contributed by atoms with Crippen molar-refractivity contribution >= 4 is 17.1 Å². The Hall–Kier alpha value is -3.93. The number of nitrogens with zero attached hydrogens (tertiary/aromatic N) is 7. The van der Waals surface area contributed by atoms with Gasteiger partial charge in [0.25, 0.3) is 0 Å². The molecule has 0 saturated heterocycles. The predicted octanol–water partition coefficient (Wildman–Crippen LogP) is 3.34. The Balaban J connectivity index is 1.52. The molecule has 0 atom stereocenters. The zero-order valence-electron chi connectivity index (χ0n) is 17.0. The lowest BCUT2D eigenvalue weighted by molar-refractivity contribution is 0.174. The van der Waals surface area contributed by atoms with E-state index < -0.39 is 0 Å².